The van der Waals surface area contributed by atoms with Gasteiger partial charge in [-0.15, -0.1) is 0 Å². The van der Waals surface area contributed by atoms with Gasteiger partial charge in [-0.3, -0.25) is 19.8 Å². The number of amides is 2. The Balaban J connectivity index is 1.87. The highest BCUT2D eigenvalue weighted by molar-refractivity contribution is 8.18. The van der Waals surface area contributed by atoms with Gasteiger partial charge in [-0.1, -0.05) is 37.6 Å². The Morgan fingerprint density at radius 2 is 2.04 bits per heavy atom. The summed E-state index contributed by atoms with van der Waals surface area (Å²) in [5, 5.41) is 2.67. The van der Waals surface area contributed by atoms with Gasteiger partial charge in [0.25, 0.3) is 11.1 Å². The Morgan fingerprint density at radius 3 is 2.68 bits per heavy atom. The van der Waals surface area contributed by atoms with E-state index in [2.05, 4.69) is 29.0 Å². The van der Waals surface area contributed by atoms with Crippen molar-refractivity contribution in [3.8, 4) is 0 Å². The number of anilines is 1. The highest BCUT2D eigenvalue weighted by atomic mass is 35.5. The van der Waals surface area contributed by atoms with Crippen LogP contribution in [0.3, 0.4) is 0 Å². The molecule has 0 bridgehead atoms. The van der Waals surface area contributed by atoms with Crippen LogP contribution >= 0.6 is 23.4 Å². The quantitative estimate of drug-likeness (QED) is 0.643. The van der Waals surface area contributed by atoms with Gasteiger partial charge in [0.15, 0.2) is 0 Å². The van der Waals surface area contributed by atoms with Crippen LogP contribution in [0.4, 0.5) is 10.5 Å². The largest absolute Gasteiger partial charge is 0.368 e. The fourth-order valence-electron chi connectivity index (χ4n) is 4.05. The zero-order valence-corrected chi connectivity index (χ0v) is 18.1. The van der Waals surface area contributed by atoms with Gasteiger partial charge in [0.2, 0.25) is 0 Å². The number of hydrogen-bond donors (Lipinski definition) is 1. The van der Waals surface area contributed by atoms with Crippen LogP contribution in [0, 0.1) is 0 Å². The van der Waals surface area contributed by atoms with Gasteiger partial charge in [0.1, 0.15) is 0 Å². The minimum absolute atomic E-state index is 0.326. The van der Waals surface area contributed by atoms with Crippen molar-refractivity contribution in [3.05, 3.63) is 33.7 Å². The normalized spacial score (nSPS) is 21.6. The summed E-state index contributed by atoms with van der Waals surface area (Å²) in [6.07, 6.45) is 6.40. The molecule has 2 heterocycles. The van der Waals surface area contributed by atoms with Crippen molar-refractivity contribution in [2.45, 2.75) is 45.6 Å². The van der Waals surface area contributed by atoms with E-state index in [4.69, 9.17) is 11.6 Å². The first-order valence-corrected chi connectivity index (χ1v) is 11.2. The number of imide groups is 1. The van der Waals surface area contributed by atoms with Crippen molar-refractivity contribution in [3.63, 3.8) is 0 Å². The average Bonchev–Trinajstić information content (AvgIpc) is 2.99. The fraction of sp³-hybridized carbons (Fsp3) is 0.524. The molecule has 7 heteroatoms. The third-order valence-corrected chi connectivity index (χ3v) is 6.31. The molecule has 1 unspecified atom stereocenters. The van der Waals surface area contributed by atoms with Gasteiger partial charge < -0.3 is 4.90 Å². The van der Waals surface area contributed by atoms with E-state index in [1.54, 1.807) is 6.08 Å². The number of piperidine rings is 1. The van der Waals surface area contributed by atoms with Crippen LogP contribution in [0.15, 0.2) is 23.1 Å². The Hall–Kier alpha value is -1.50. The van der Waals surface area contributed by atoms with Crippen molar-refractivity contribution in [2.24, 2.45) is 0 Å². The maximum Gasteiger partial charge on any atom is 0.290 e. The van der Waals surface area contributed by atoms with E-state index in [-0.39, 0.29) is 11.1 Å². The first-order valence-electron chi connectivity index (χ1n) is 10.1. The molecule has 1 aromatic carbocycles. The van der Waals surface area contributed by atoms with E-state index >= 15 is 0 Å². The summed E-state index contributed by atoms with van der Waals surface area (Å²) in [5.74, 6) is -0.338. The van der Waals surface area contributed by atoms with E-state index in [0.717, 1.165) is 68.5 Å². The van der Waals surface area contributed by atoms with Crippen LogP contribution in [0.2, 0.25) is 5.02 Å². The number of benzene rings is 1. The number of halogens is 1. The van der Waals surface area contributed by atoms with E-state index in [1.165, 1.54) is 6.42 Å². The molecule has 1 N–H and O–H groups in total. The molecule has 0 aliphatic carbocycles. The summed E-state index contributed by atoms with van der Waals surface area (Å²) in [7, 11) is 0. The van der Waals surface area contributed by atoms with Crippen LogP contribution in [0.25, 0.3) is 6.08 Å². The molecule has 28 heavy (non-hydrogen) atoms. The Kier molecular flexibility index (Phi) is 7.43. The maximum atomic E-state index is 12.0. The summed E-state index contributed by atoms with van der Waals surface area (Å²) in [6, 6.07) is 6.26. The minimum atomic E-state index is -0.338. The van der Waals surface area contributed by atoms with Crippen molar-refractivity contribution < 1.29 is 9.59 Å². The molecule has 1 aromatic rings. The predicted octanol–water partition coefficient (Wildman–Crippen LogP) is 4.75. The number of nitrogens with one attached hydrogen (secondary N) is 1. The minimum Gasteiger partial charge on any atom is -0.368 e. The van der Waals surface area contributed by atoms with Crippen LogP contribution in [0.1, 0.15) is 45.1 Å². The third-order valence-electron chi connectivity index (χ3n) is 5.20. The van der Waals surface area contributed by atoms with Gasteiger partial charge in [-0.05, 0) is 62.7 Å². The van der Waals surface area contributed by atoms with Crippen LogP contribution < -0.4 is 10.2 Å². The summed E-state index contributed by atoms with van der Waals surface area (Å²) >= 11 is 7.54. The fourth-order valence-corrected chi connectivity index (χ4v) is 5.03. The molecule has 0 radical (unpaired) electrons. The molecule has 152 valence electrons. The van der Waals surface area contributed by atoms with Gasteiger partial charge in [-0.2, -0.15) is 0 Å². The Labute approximate surface area is 176 Å². The molecule has 0 spiro atoms. The molecular formula is C21H28ClN3O2S. The summed E-state index contributed by atoms with van der Waals surface area (Å²) in [5.41, 5.74) is 1.85. The van der Waals surface area contributed by atoms with E-state index in [9.17, 15) is 9.59 Å². The number of carbonyl (C=O) groups is 2. The van der Waals surface area contributed by atoms with Crippen molar-refractivity contribution in [1.29, 1.82) is 0 Å². The summed E-state index contributed by atoms with van der Waals surface area (Å²) in [4.78, 5) is 28.8. The number of rotatable bonds is 7. The highest BCUT2D eigenvalue weighted by Gasteiger charge is 2.28. The smallest absolute Gasteiger partial charge is 0.290 e. The number of thioether (sulfide) groups is 1. The lowest BCUT2D eigenvalue weighted by atomic mass is 10.0. The molecule has 2 saturated heterocycles. The lowest BCUT2D eigenvalue weighted by Gasteiger charge is -2.41. The molecule has 0 aromatic heterocycles. The molecule has 3 rings (SSSR count). The first kappa shape index (κ1) is 21.2. The second-order valence-electron chi connectivity index (χ2n) is 7.31. The van der Waals surface area contributed by atoms with E-state index in [0.29, 0.717) is 16.0 Å². The molecule has 5 nitrogen and oxygen atoms in total. The van der Waals surface area contributed by atoms with Crippen LogP contribution in [-0.4, -0.2) is 48.3 Å². The van der Waals surface area contributed by atoms with Gasteiger partial charge in [-0.25, -0.2) is 0 Å². The lowest BCUT2D eigenvalue weighted by molar-refractivity contribution is -0.115. The number of para-hydroxylation sites is 1. The monoisotopic (exact) mass is 421 g/mol. The topological polar surface area (TPSA) is 52.6 Å². The average molecular weight is 422 g/mol. The molecule has 2 fully saturated rings. The van der Waals surface area contributed by atoms with Crippen molar-refractivity contribution >= 4 is 46.3 Å². The summed E-state index contributed by atoms with van der Waals surface area (Å²) < 4.78 is 0. The maximum absolute atomic E-state index is 12.0. The number of hydrogen-bond acceptors (Lipinski definition) is 5. The van der Waals surface area contributed by atoms with Gasteiger partial charge in [0, 0.05) is 24.7 Å². The number of nitrogens with zero attached hydrogens (tertiary/aromatic N) is 2. The number of carbonyl (C=O) groups excluding carboxylic acids is 2. The molecule has 2 aliphatic rings. The van der Waals surface area contributed by atoms with E-state index < -0.39 is 0 Å². The first-order chi connectivity index (χ1) is 13.5. The SMILES string of the molecule is CCCN(CCC)C1CCCN(c2c(Cl)cccc2C=C2SC(=O)NC2=O)C1. The molecule has 2 amide bonds. The van der Waals surface area contributed by atoms with Crippen molar-refractivity contribution in [1.82, 2.24) is 10.2 Å². The Bertz CT molecular complexity index is 762. The van der Waals surface area contributed by atoms with Gasteiger partial charge >= 0.3 is 0 Å². The van der Waals surface area contributed by atoms with Crippen LogP contribution in [0.5, 0.6) is 0 Å². The molecule has 0 saturated carbocycles. The van der Waals surface area contributed by atoms with Crippen LogP contribution in [-0.2, 0) is 4.79 Å². The lowest BCUT2D eigenvalue weighted by Crippen LogP contribution is -2.48. The second kappa shape index (κ2) is 9.81. The molecular weight excluding hydrogens is 394 g/mol. The van der Waals surface area contributed by atoms with Crippen molar-refractivity contribution in [2.75, 3.05) is 31.1 Å². The van der Waals surface area contributed by atoms with E-state index in [1.807, 2.05) is 18.2 Å². The standard InChI is InChI=1S/C21H28ClN3O2S/c1-3-10-24(11-4-2)16-8-6-12-25(14-16)19-15(7-5-9-17(19)22)13-18-20(26)23-21(27)28-18/h5,7,9,13,16H,3-4,6,8,10-12,14H2,1-2H3,(H,23,26,27). The predicted molar refractivity (Wildman–Crippen MR) is 118 cm³/mol. The Morgan fingerprint density at radius 1 is 1.29 bits per heavy atom. The summed E-state index contributed by atoms with van der Waals surface area (Å²) in [6.45, 7) is 8.56. The molecule has 1 atom stereocenters. The molecule has 2 aliphatic heterocycles. The third kappa shape index (κ3) is 4.91. The van der Waals surface area contributed by atoms with Gasteiger partial charge in [0.05, 0.1) is 15.6 Å². The second-order valence-corrected chi connectivity index (χ2v) is 8.73. The highest BCUT2D eigenvalue weighted by Crippen LogP contribution is 2.36. The zero-order valence-electron chi connectivity index (χ0n) is 16.5. The zero-order chi connectivity index (χ0) is 20.1.